The van der Waals surface area contributed by atoms with Crippen LogP contribution in [0.2, 0.25) is 0 Å². The van der Waals surface area contributed by atoms with Gasteiger partial charge in [-0.15, -0.1) is 0 Å². The van der Waals surface area contributed by atoms with Gasteiger partial charge in [0.25, 0.3) is 5.69 Å². The lowest BCUT2D eigenvalue weighted by atomic mass is 10.0. The molecule has 0 bridgehead atoms. The third-order valence-electron chi connectivity index (χ3n) is 5.89. The molecule has 4 rings (SSSR count). The minimum Gasteiger partial charge on any atom is -0.444 e. The molecule has 186 valence electrons. The van der Waals surface area contributed by atoms with E-state index in [4.69, 9.17) is 9.47 Å². The van der Waals surface area contributed by atoms with Gasteiger partial charge in [-0.25, -0.2) is 9.48 Å². The van der Waals surface area contributed by atoms with Gasteiger partial charge in [-0.1, -0.05) is 13.0 Å². The van der Waals surface area contributed by atoms with E-state index in [1.807, 2.05) is 33.8 Å². The molecule has 1 saturated heterocycles. The van der Waals surface area contributed by atoms with E-state index in [-0.39, 0.29) is 22.8 Å². The Balaban J connectivity index is 1.55. The summed E-state index contributed by atoms with van der Waals surface area (Å²) >= 11 is 0. The van der Waals surface area contributed by atoms with Crippen LogP contribution in [0.25, 0.3) is 22.2 Å². The molecule has 10 nitrogen and oxygen atoms in total. The van der Waals surface area contributed by atoms with Crippen LogP contribution < -0.4 is 5.32 Å². The summed E-state index contributed by atoms with van der Waals surface area (Å²) in [6, 6.07) is 7.11. The highest BCUT2D eigenvalue weighted by Gasteiger charge is 2.25. The van der Waals surface area contributed by atoms with Crippen LogP contribution in [0.5, 0.6) is 0 Å². The number of carbonyl (C=O) groups is 1. The molecule has 0 saturated carbocycles. The number of pyridine rings is 1. The molecule has 1 aliphatic rings. The number of nitro benzene ring substituents is 1. The first-order valence-electron chi connectivity index (χ1n) is 11.8. The van der Waals surface area contributed by atoms with Crippen molar-refractivity contribution in [3.8, 4) is 11.3 Å². The zero-order valence-electron chi connectivity index (χ0n) is 20.5. The fraction of sp³-hybridized carbons (Fsp3) is 0.480. The van der Waals surface area contributed by atoms with Gasteiger partial charge in [-0.3, -0.25) is 15.1 Å². The number of aromatic nitrogens is 3. The molecule has 1 aliphatic heterocycles. The maximum atomic E-state index is 12.1. The summed E-state index contributed by atoms with van der Waals surface area (Å²) < 4.78 is 12.7. The van der Waals surface area contributed by atoms with Crippen molar-refractivity contribution in [3.63, 3.8) is 0 Å². The molecule has 2 aromatic heterocycles. The third kappa shape index (κ3) is 5.76. The molecule has 1 N–H and O–H groups in total. The van der Waals surface area contributed by atoms with Gasteiger partial charge >= 0.3 is 6.09 Å². The second kappa shape index (κ2) is 9.99. The quantitative estimate of drug-likeness (QED) is 0.373. The minimum absolute atomic E-state index is 0.0183. The fourth-order valence-corrected chi connectivity index (χ4v) is 4.11. The molecule has 35 heavy (non-hydrogen) atoms. The van der Waals surface area contributed by atoms with Crippen molar-refractivity contribution in [1.29, 1.82) is 0 Å². The monoisotopic (exact) mass is 481 g/mol. The number of fused-ring (bicyclic) bond motifs is 1. The molecule has 1 amide bonds. The molecule has 1 fully saturated rings. The van der Waals surface area contributed by atoms with Crippen LogP contribution in [0.15, 0.2) is 36.7 Å². The number of rotatable bonds is 6. The molecular weight excluding hydrogens is 450 g/mol. The maximum absolute atomic E-state index is 12.1. The second-order valence-electron chi connectivity index (χ2n) is 9.84. The van der Waals surface area contributed by atoms with Gasteiger partial charge in [0, 0.05) is 31.5 Å². The molecule has 2 unspecified atom stereocenters. The van der Waals surface area contributed by atoms with E-state index >= 15 is 0 Å². The molecule has 3 heterocycles. The zero-order chi connectivity index (χ0) is 25.2. The van der Waals surface area contributed by atoms with E-state index in [1.54, 1.807) is 35.3 Å². The summed E-state index contributed by atoms with van der Waals surface area (Å²) in [5.41, 5.74) is 1.79. The number of nitrogens with one attached hydrogen (secondary N) is 1. The number of alkyl carbamates (subject to hydrolysis) is 1. The minimum atomic E-state index is -0.563. The lowest BCUT2D eigenvalue weighted by Crippen LogP contribution is -2.34. The highest BCUT2D eigenvalue weighted by Crippen LogP contribution is 2.36. The summed E-state index contributed by atoms with van der Waals surface area (Å²) in [6.45, 7) is 8.43. The van der Waals surface area contributed by atoms with Crippen molar-refractivity contribution in [2.45, 2.75) is 64.7 Å². The Morgan fingerprint density at radius 3 is 2.74 bits per heavy atom. The molecule has 0 radical (unpaired) electrons. The summed E-state index contributed by atoms with van der Waals surface area (Å²) in [7, 11) is 0. The predicted octanol–water partition coefficient (Wildman–Crippen LogP) is 5.33. The average molecular weight is 482 g/mol. The predicted molar refractivity (Wildman–Crippen MR) is 131 cm³/mol. The van der Waals surface area contributed by atoms with E-state index in [9.17, 15) is 14.9 Å². The van der Waals surface area contributed by atoms with Crippen LogP contribution in [0.4, 0.5) is 10.5 Å². The van der Waals surface area contributed by atoms with Crippen molar-refractivity contribution in [1.82, 2.24) is 20.1 Å². The number of carbonyl (C=O) groups excluding carboxylic acids is 1. The summed E-state index contributed by atoms with van der Waals surface area (Å²) in [5.74, 6) is -0.0183. The fourth-order valence-electron chi connectivity index (χ4n) is 4.11. The van der Waals surface area contributed by atoms with Gasteiger partial charge in [0.2, 0.25) is 0 Å². The number of ether oxygens (including phenoxy) is 2. The van der Waals surface area contributed by atoms with Gasteiger partial charge in [0.1, 0.15) is 11.8 Å². The SMILES string of the molecule is CC(CNC(=O)OC(C)(C)C)c1ccc(-c2ccc3nn(C4CCCCO4)cc3c2[N+](=O)[O-])nc1. The maximum Gasteiger partial charge on any atom is 0.407 e. The van der Waals surface area contributed by atoms with Crippen molar-refractivity contribution in [3.05, 3.63) is 52.3 Å². The Labute approximate surface area is 203 Å². The standard InChI is InChI=1S/C25H31N5O5/c1-16(13-27-24(31)35-25(2,3)4)17-8-10-20(26-14-17)18-9-11-21-19(23(18)30(32)33)15-29(28-21)22-7-5-6-12-34-22/h8-11,14-16,22H,5-7,12-13H2,1-4H3,(H,27,31). The first kappa shape index (κ1) is 24.6. The molecule has 3 aromatic rings. The van der Waals surface area contributed by atoms with Gasteiger partial charge in [0.05, 0.1) is 27.1 Å². The van der Waals surface area contributed by atoms with Crippen LogP contribution in [0.3, 0.4) is 0 Å². The highest BCUT2D eigenvalue weighted by molar-refractivity contribution is 5.95. The van der Waals surface area contributed by atoms with Crippen molar-refractivity contribution >= 4 is 22.7 Å². The number of hydrogen-bond acceptors (Lipinski definition) is 7. The van der Waals surface area contributed by atoms with Crippen LogP contribution in [0, 0.1) is 10.1 Å². The number of benzene rings is 1. The normalized spacial score (nSPS) is 17.2. The second-order valence-corrected chi connectivity index (χ2v) is 9.84. The van der Waals surface area contributed by atoms with Crippen LogP contribution in [-0.2, 0) is 9.47 Å². The molecule has 0 aliphatic carbocycles. The Kier molecular flexibility index (Phi) is 7.02. The Morgan fingerprint density at radius 1 is 1.31 bits per heavy atom. The molecule has 10 heteroatoms. The Bertz CT molecular complexity index is 1210. The number of amides is 1. The largest absolute Gasteiger partial charge is 0.444 e. The number of hydrogen-bond donors (Lipinski definition) is 1. The number of nitrogens with zero attached hydrogens (tertiary/aromatic N) is 4. The lowest BCUT2D eigenvalue weighted by molar-refractivity contribution is -0.382. The van der Waals surface area contributed by atoms with Gasteiger partial charge in [-0.05, 0) is 63.8 Å². The van der Waals surface area contributed by atoms with E-state index in [2.05, 4.69) is 15.4 Å². The Hall–Kier alpha value is -3.53. The molecule has 2 atom stereocenters. The van der Waals surface area contributed by atoms with Crippen molar-refractivity contribution in [2.24, 2.45) is 0 Å². The topological polar surface area (TPSA) is 121 Å². The summed E-state index contributed by atoms with van der Waals surface area (Å²) in [5, 5.41) is 19.8. The van der Waals surface area contributed by atoms with Gasteiger partial charge in [0.15, 0.2) is 0 Å². The smallest absolute Gasteiger partial charge is 0.407 e. The van der Waals surface area contributed by atoms with Crippen molar-refractivity contribution < 1.29 is 19.2 Å². The van der Waals surface area contributed by atoms with Crippen molar-refractivity contribution in [2.75, 3.05) is 13.2 Å². The van der Waals surface area contributed by atoms with E-state index < -0.39 is 11.7 Å². The molecule has 0 spiro atoms. The van der Waals surface area contributed by atoms with Crippen LogP contribution >= 0.6 is 0 Å². The lowest BCUT2D eigenvalue weighted by Gasteiger charge is -2.22. The number of nitro groups is 1. The van der Waals surface area contributed by atoms with E-state index in [0.29, 0.717) is 35.3 Å². The van der Waals surface area contributed by atoms with Gasteiger partial charge in [-0.2, -0.15) is 5.10 Å². The van der Waals surface area contributed by atoms with Crippen LogP contribution in [0.1, 0.15) is 64.7 Å². The first-order valence-corrected chi connectivity index (χ1v) is 11.8. The first-order chi connectivity index (χ1) is 16.6. The van der Waals surface area contributed by atoms with E-state index in [0.717, 1.165) is 24.8 Å². The summed E-state index contributed by atoms with van der Waals surface area (Å²) in [4.78, 5) is 28.1. The highest BCUT2D eigenvalue weighted by atomic mass is 16.6. The summed E-state index contributed by atoms with van der Waals surface area (Å²) in [6.07, 6.45) is 5.59. The zero-order valence-corrected chi connectivity index (χ0v) is 20.5. The third-order valence-corrected chi connectivity index (χ3v) is 5.89. The van der Waals surface area contributed by atoms with Gasteiger partial charge < -0.3 is 14.8 Å². The van der Waals surface area contributed by atoms with E-state index in [1.165, 1.54) is 0 Å². The molecule has 1 aromatic carbocycles. The van der Waals surface area contributed by atoms with Crippen LogP contribution in [-0.4, -0.2) is 44.5 Å². The molecular formula is C25H31N5O5. The average Bonchev–Trinajstić information content (AvgIpc) is 3.26. The Morgan fingerprint density at radius 2 is 2.11 bits per heavy atom.